The topological polar surface area (TPSA) is 9.23 Å². The standard InChI is InChI=1S/C11H12O/c1-2-7-10-8-5-3-4-6-9(8)12-11(7)10/h3-7,10-11H,2H2,1H3. The third-order valence-electron chi connectivity index (χ3n) is 3.11. The van der Waals surface area contributed by atoms with Crippen LogP contribution < -0.4 is 4.74 Å². The van der Waals surface area contributed by atoms with E-state index in [1.54, 1.807) is 0 Å². The maximum atomic E-state index is 5.78. The van der Waals surface area contributed by atoms with Crippen LogP contribution in [0.3, 0.4) is 0 Å². The van der Waals surface area contributed by atoms with Gasteiger partial charge in [-0.1, -0.05) is 25.1 Å². The molecule has 1 aliphatic carbocycles. The van der Waals surface area contributed by atoms with Gasteiger partial charge < -0.3 is 4.74 Å². The molecule has 0 saturated heterocycles. The minimum atomic E-state index is 0.521. The van der Waals surface area contributed by atoms with Crippen LogP contribution in [0.25, 0.3) is 0 Å². The molecule has 1 nitrogen and oxygen atoms in total. The lowest BCUT2D eigenvalue weighted by Crippen LogP contribution is -1.97. The summed E-state index contributed by atoms with van der Waals surface area (Å²) in [5.41, 5.74) is 1.44. The van der Waals surface area contributed by atoms with Crippen molar-refractivity contribution in [2.75, 3.05) is 0 Å². The van der Waals surface area contributed by atoms with Gasteiger partial charge in [-0.05, 0) is 12.5 Å². The SMILES string of the molecule is CCC1C2Oc3ccccc3C12. The number of fused-ring (bicyclic) bond motifs is 3. The zero-order valence-electron chi connectivity index (χ0n) is 7.16. The second-order valence-electron chi connectivity index (χ2n) is 3.72. The van der Waals surface area contributed by atoms with Gasteiger partial charge in [0.1, 0.15) is 11.9 Å². The highest BCUT2D eigenvalue weighted by molar-refractivity contribution is 5.47. The van der Waals surface area contributed by atoms with Crippen molar-refractivity contribution in [2.45, 2.75) is 25.4 Å². The first-order valence-corrected chi connectivity index (χ1v) is 4.67. The van der Waals surface area contributed by atoms with Crippen molar-refractivity contribution in [2.24, 2.45) is 5.92 Å². The van der Waals surface area contributed by atoms with Crippen molar-refractivity contribution in [3.8, 4) is 5.75 Å². The molecule has 2 aliphatic rings. The Bertz CT molecular complexity index is 319. The summed E-state index contributed by atoms with van der Waals surface area (Å²) in [6.07, 6.45) is 1.77. The molecule has 1 aromatic carbocycles. The fourth-order valence-electron chi connectivity index (χ4n) is 2.41. The molecule has 0 bridgehead atoms. The van der Waals surface area contributed by atoms with Gasteiger partial charge >= 0.3 is 0 Å². The Kier molecular flexibility index (Phi) is 1.11. The van der Waals surface area contributed by atoms with E-state index in [-0.39, 0.29) is 0 Å². The Morgan fingerprint density at radius 1 is 1.33 bits per heavy atom. The summed E-state index contributed by atoms with van der Waals surface area (Å²) in [7, 11) is 0. The first-order valence-electron chi connectivity index (χ1n) is 4.67. The van der Waals surface area contributed by atoms with Crippen LogP contribution in [-0.2, 0) is 0 Å². The zero-order valence-corrected chi connectivity index (χ0v) is 7.16. The maximum Gasteiger partial charge on any atom is 0.123 e. The highest BCUT2D eigenvalue weighted by Crippen LogP contribution is 2.59. The van der Waals surface area contributed by atoms with E-state index in [1.165, 1.54) is 12.0 Å². The highest BCUT2D eigenvalue weighted by Gasteiger charge is 2.57. The van der Waals surface area contributed by atoms with Gasteiger partial charge in [0.05, 0.1) is 0 Å². The summed E-state index contributed by atoms with van der Waals surface area (Å²) in [6, 6.07) is 8.43. The van der Waals surface area contributed by atoms with E-state index < -0.39 is 0 Å². The van der Waals surface area contributed by atoms with E-state index >= 15 is 0 Å². The second kappa shape index (κ2) is 2.03. The van der Waals surface area contributed by atoms with Gasteiger partial charge in [-0.15, -0.1) is 0 Å². The van der Waals surface area contributed by atoms with Crippen LogP contribution in [0.15, 0.2) is 24.3 Å². The zero-order chi connectivity index (χ0) is 8.13. The minimum absolute atomic E-state index is 0.521. The highest BCUT2D eigenvalue weighted by atomic mass is 16.5. The van der Waals surface area contributed by atoms with Gasteiger partial charge in [0.2, 0.25) is 0 Å². The molecule has 0 N–H and O–H groups in total. The minimum Gasteiger partial charge on any atom is -0.489 e. The lowest BCUT2D eigenvalue weighted by molar-refractivity contribution is 0.294. The number of hydrogen-bond donors (Lipinski definition) is 0. The van der Waals surface area contributed by atoms with E-state index in [2.05, 4.69) is 25.1 Å². The molecule has 1 saturated carbocycles. The average molecular weight is 160 g/mol. The van der Waals surface area contributed by atoms with Gasteiger partial charge in [-0.2, -0.15) is 0 Å². The molecule has 1 aromatic rings. The molecular formula is C11H12O. The number of hydrogen-bond acceptors (Lipinski definition) is 1. The summed E-state index contributed by atoms with van der Waals surface area (Å²) in [6.45, 7) is 2.24. The Labute approximate surface area is 72.4 Å². The van der Waals surface area contributed by atoms with Crippen LogP contribution in [-0.4, -0.2) is 6.10 Å². The molecule has 1 aliphatic heterocycles. The molecule has 12 heavy (non-hydrogen) atoms. The van der Waals surface area contributed by atoms with E-state index in [0.717, 1.165) is 17.6 Å². The normalized spacial score (nSPS) is 35.2. The number of ether oxygens (including phenoxy) is 1. The maximum absolute atomic E-state index is 5.78. The van der Waals surface area contributed by atoms with Crippen molar-refractivity contribution < 1.29 is 4.74 Å². The fourth-order valence-corrected chi connectivity index (χ4v) is 2.41. The van der Waals surface area contributed by atoms with E-state index in [4.69, 9.17) is 4.74 Å². The molecule has 0 amide bonds. The summed E-state index contributed by atoms with van der Waals surface area (Å²) < 4.78 is 5.78. The Hall–Kier alpha value is -0.980. The molecule has 1 fully saturated rings. The molecule has 1 heterocycles. The molecule has 3 unspecified atom stereocenters. The first kappa shape index (κ1) is 6.53. The first-order chi connectivity index (χ1) is 5.92. The van der Waals surface area contributed by atoms with Crippen LogP contribution in [0.5, 0.6) is 5.75 Å². The summed E-state index contributed by atoms with van der Waals surface area (Å²) >= 11 is 0. The van der Waals surface area contributed by atoms with E-state index in [0.29, 0.717) is 6.10 Å². The lowest BCUT2D eigenvalue weighted by atomic mass is 10.1. The molecule has 0 aromatic heterocycles. The van der Waals surface area contributed by atoms with Crippen molar-refractivity contribution in [1.82, 2.24) is 0 Å². The molecule has 3 rings (SSSR count). The Balaban J connectivity index is 2.00. The van der Waals surface area contributed by atoms with Crippen LogP contribution in [0.2, 0.25) is 0 Å². The van der Waals surface area contributed by atoms with Crippen LogP contribution in [0.1, 0.15) is 24.8 Å². The Morgan fingerprint density at radius 3 is 3.00 bits per heavy atom. The molecule has 0 spiro atoms. The lowest BCUT2D eigenvalue weighted by Gasteiger charge is -2.05. The van der Waals surface area contributed by atoms with E-state index in [9.17, 15) is 0 Å². The number of rotatable bonds is 1. The average Bonchev–Trinajstić information content (AvgIpc) is 2.68. The van der Waals surface area contributed by atoms with Crippen molar-refractivity contribution in [3.05, 3.63) is 29.8 Å². The van der Waals surface area contributed by atoms with Gasteiger partial charge in [0.15, 0.2) is 0 Å². The molecule has 62 valence electrons. The summed E-state index contributed by atoms with van der Waals surface area (Å²) in [4.78, 5) is 0. The molecule has 1 heteroatoms. The van der Waals surface area contributed by atoms with Gasteiger partial charge in [-0.25, -0.2) is 0 Å². The number of benzene rings is 1. The predicted molar refractivity (Wildman–Crippen MR) is 47.4 cm³/mol. The second-order valence-corrected chi connectivity index (χ2v) is 3.72. The van der Waals surface area contributed by atoms with Gasteiger partial charge in [0, 0.05) is 17.4 Å². The van der Waals surface area contributed by atoms with Crippen LogP contribution >= 0.6 is 0 Å². The van der Waals surface area contributed by atoms with Gasteiger partial charge in [-0.3, -0.25) is 0 Å². The van der Waals surface area contributed by atoms with Crippen LogP contribution in [0.4, 0.5) is 0 Å². The molecular weight excluding hydrogens is 148 g/mol. The smallest absolute Gasteiger partial charge is 0.123 e. The Morgan fingerprint density at radius 2 is 2.17 bits per heavy atom. The number of para-hydroxylation sites is 1. The summed E-state index contributed by atoms with van der Waals surface area (Å²) in [5.74, 6) is 2.66. The predicted octanol–water partition coefficient (Wildman–Crippen LogP) is 2.57. The van der Waals surface area contributed by atoms with E-state index in [1.807, 2.05) is 6.07 Å². The molecule has 0 radical (unpaired) electrons. The third-order valence-corrected chi connectivity index (χ3v) is 3.11. The van der Waals surface area contributed by atoms with Gasteiger partial charge in [0.25, 0.3) is 0 Å². The monoisotopic (exact) mass is 160 g/mol. The fraction of sp³-hybridized carbons (Fsp3) is 0.455. The van der Waals surface area contributed by atoms with Crippen LogP contribution in [0, 0.1) is 5.92 Å². The quantitative estimate of drug-likeness (QED) is 0.613. The van der Waals surface area contributed by atoms with Crippen molar-refractivity contribution in [1.29, 1.82) is 0 Å². The van der Waals surface area contributed by atoms with Crippen molar-refractivity contribution in [3.63, 3.8) is 0 Å². The molecule has 3 atom stereocenters. The van der Waals surface area contributed by atoms with Crippen molar-refractivity contribution >= 4 is 0 Å². The third kappa shape index (κ3) is 0.644. The largest absolute Gasteiger partial charge is 0.489 e. The summed E-state index contributed by atoms with van der Waals surface area (Å²) in [5, 5.41) is 0.